The lowest BCUT2D eigenvalue weighted by Crippen LogP contribution is -2.09. The average Bonchev–Trinajstić information content (AvgIpc) is 3.00. The van der Waals surface area contributed by atoms with Crippen molar-refractivity contribution >= 4 is 11.3 Å². The van der Waals surface area contributed by atoms with Gasteiger partial charge in [0.1, 0.15) is 17.4 Å². The number of aromatic nitrogens is 4. The Morgan fingerprint density at radius 1 is 1.43 bits per heavy atom. The van der Waals surface area contributed by atoms with Gasteiger partial charge in [-0.15, -0.1) is 10.2 Å². The van der Waals surface area contributed by atoms with Gasteiger partial charge < -0.3 is 10.1 Å². The SMILES string of the molecule is COc1c(C)cc(NC=C(C#N)c2nn[nH]n2)cc1C(F)(F)F. The van der Waals surface area contributed by atoms with Gasteiger partial charge in [-0.3, -0.25) is 0 Å². The fourth-order valence-corrected chi connectivity index (χ4v) is 1.92. The maximum Gasteiger partial charge on any atom is 0.420 e. The number of aromatic amines is 1. The number of anilines is 1. The maximum absolute atomic E-state index is 13.1. The third-order valence-corrected chi connectivity index (χ3v) is 2.87. The normalized spacial score (nSPS) is 11.9. The highest BCUT2D eigenvalue weighted by Crippen LogP contribution is 2.39. The summed E-state index contributed by atoms with van der Waals surface area (Å²) < 4.78 is 44.0. The van der Waals surface area contributed by atoms with Crippen molar-refractivity contribution < 1.29 is 17.9 Å². The fourth-order valence-electron chi connectivity index (χ4n) is 1.92. The number of allylic oxidation sites excluding steroid dienone is 1. The first-order valence-electron chi connectivity index (χ1n) is 6.23. The lowest BCUT2D eigenvalue weighted by atomic mass is 10.1. The molecule has 0 aliphatic rings. The summed E-state index contributed by atoms with van der Waals surface area (Å²) in [5.74, 6) is -0.216. The topological polar surface area (TPSA) is 99.5 Å². The summed E-state index contributed by atoms with van der Waals surface area (Å²) in [5, 5.41) is 24.4. The average molecular weight is 324 g/mol. The van der Waals surface area contributed by atoms with Crippen LogP contribution in [0, 0.1) is 18.3 Å². The first-order chi connectivity index (χ1) is 10.9. The molecule has 0 saturated carbocycles. The van der Waals surface area contributed by atoms with Crippen LogP contribution in [0.2, 0.25) is 0 Å². The summed E-state index contributed by atoms with van der Waals surface area (Å²) in [5.41, 5.74) is -0.446. The van der Waals surface area contributed by atoms with E-state index in [1.807, 2.05) is 6.07 Å². The molecule has 0 spiro atoms. The highest BCUT2D eigenvalue weighted by atomic mass is 19.4. The van der Waals surface area contributed by atoms with Gasteiger partial charge in [0, 0.05) is 11.9 Å². The van der Waals surface area contributed by atoms with Gasteiger partial charge in [0.05, 0.1) is 12.7 Å². The largest absolute Gasteiger partial charge is 0.496 e. The van der Waals surface area contributed by atoms with E-state index in [9.17, 15) is 13.2 Å². The second-order valence-electron chi connectivity index (χ2n) is 4.42. The van der Waals surface area contributed by atoms with Gasteiger partial charge in [-0.2, -0.15) is 23.6 Å². The number of rotatable bonds is 4. The lowest BCUT2D eigenvalue weighted by Gasteiger charge is -2.16. The summed E-state index contributed by atoms with van der Waals surface area (Å²) in [7, 11) is 1.18. The van der Waals surface area contributed by atoms with E-state index >= 15 is 0 Å². The van der Waals surface area contributed by atoms with Crippen molar-refractivity contribution in [2.45, 2.75) is 13.1 Å². The molecule has 0 aliphatic carbocycles. The smallest absolute Gasteiger partial charge is 0.420 e. The molecule has 2 N–H and O–H groups in total. The van der Waals surface area contributed by atoms with Crippen molar-refractivity contribution in [3.05, 3.63) is 35.3 Å². The maximum atomic E-state index is 13.1. The Kier molecular flexibility index (Phi) is 4.49. The molecular weight excluding hydrogens is 313 g/mol. The highest BCUT2D eigenvalue weighted by molar-refractivity contribution is 5.74. The van der Waals surface area contributed by atoms with Crippen molar-refractivity contribution in [1.29, 1.82) is 5.26 Å². The first-order valence-corrected chi connectivity index (χ1v) is 6.23. The minimum atomic E-state index is -4.57. The number of alkyl halides is 3. The van der Waals surface area contributed by atoms with E-state index in [-0.39, 0.29) is 22.8 Å². The number of nitriles is 1. The van der Waals surface area contributed by atoms with Crippen LogP contribution < -0.4 is 10.1 Å². The molecule has 7 nitrogen and oxygen atoms in total. The molecule has 0 amide bonds. The van der Waals surface area contributed by atoms with Crippen LogP contribution in [0.4, 0.5) is 18.9 Å². The molecule has 0 unspecified atom stereocenters. The highest BCUT2D eigenvalue weighted by Gasteiger charge is 2.35. The zero-order valence-corrected chi connectivity index (χ0v) is 12.1. The minimum Gasteiger partial charge on any atom is -0.496 e. The number of H-pyrrole nitrogens is 1. The monoisotopic (exact) mass is 324 g/mol. The van der Waals surface area contributed by atoms with Crippen molar-refractivity contribution in [3.8, 4) is 11.8 Å². The third-order valence-electron chi connectivity index (χ3n) is 2.87. The molecule has 0 bridgehead atoms. The van der Waals surface area contributed by atoms with Crippen LogP contribution in [0.25, 0.3) is 5.57 Å². The Hall–Kier alpha value is -3.09. The number of hydrogen-bond donors (Lipinski definition) is 2. The number of tetrazole rings is 1. The number of halogens is 3. The van der Waals surface area contributed by atoms with E-state index in [0.717, 1.165) is 6.07 Å². The molecule has 1 aromatic carbocycles. The summed E-state index contributed by atoms with van der Waals surface area (Å²) in [6, 6.07) is 4.19. The number of aryl methyl sites for hydroxylation is 1. The molecule has 0 fully saturated rings. The second-order valence-corrected chi connectivity index (χ2v) is 4.42. The van der Waals surface area contributed by atoms with Crippen molar-refractivity contribution in [2.75, 3.05) is 12.4 Å². The Morgan fingerprint density at radius 2 is 2.17 bits per heavy atom. The van der Waals surface area contributed by atoms with Gasteiger partial charge in [-0.05, 0) is 29.8 Å². The quantitative estimate of drug-likeness (QED) is 0.838. The Bertz CT molecular complexity index is 761. The van der Waals surface area contributed by atoms with E-state index < -0.39 is 11.7 Å². The predicted molar refractivity (Wildman–Crippen MR) is 74.1 cm³/mol. The van der Waals surface area contributed by atoms with E-state index in [1.165, 1.54) is 26.3 Å². The fraction of sp³-hybridized carbons (Fsp3) is 0.231. The van der Waals surface area contributed by atoms with E-state index in [4.69, 9.17) is 10.00 Å². The van der Waals surface area contributed by atoms with Crippen molar-refractivity contribution in [1.82, 2.24) is 20.6 Å². The van der Waals surface area contributed by atoms with E-state index in [1.54, 1.807) is 0 Å². The molecule has 0 atom stereocenters. The van der Waals surface area contributed by atoms with Crippen molar-refractivity contribution in [2.24, 2.45) is 0 Å². The number of hydrogen-bond acceptors (Lipinski definition) is 6. The zero-order chi connectivity index (χ0) is 17.0. The van der Waals surface area contributed by atoms with Gasteiger partial charge in [-0.1, -0.05) is 0 Å². The number of nitrogens with one attached hydrogen (secondary N) is 2. The number of methoxy groups -OCH3 is 1. The molecule has 0 saturated heterocycles. The number of benzene rings is 1. The lowest BCUT2D eigenvalue weighted by molar-refractivity contribution is -0.138. The summed E-state index contributed by atoms with van der Waals surface area (Å²) in [4.78, 5) is 0. The van der Waals surface area contributed by atoms with Gasteiger partial charge >= 0.3 is 6.18 Å². The van der Waals surface area contributed by atoms with Crippen LogP contribution in [0.3, 0.4) is 0 Å². The molecule has 10 heteroatoms. The van der Waals surface area contributed by atoms with E-state index in [0.29, 0.717) is 5.56 Å². The summed E-state index contributed by atoms with van der Waals surface area (Å²) in [6.07, 6.45) is -3.37. The Labute approximate surface area is 128 Å². The molecule has 0 aliphatic heterocycles. The van der Waals surface area contributed by atoms with Crippen LogP contribution in [0.15, 0.2) is 18.3 Å². The molecule has 0 radical (unpaired) electrons. The van der Waals surface area contributed by atoms with Gasteiger partial charge in [-0.25, -0.2) is 0 Å². The predicted octanol–water partition coefficient (Wildman–Crippen LogP) is 2.51. The van der Waals surface area contributed by atoms with Crippen molar-refractivity contribution in [3.63, 3.8) is 0 Å². The molecule has 2 aromatic rings. The van der Waals surface area contributed by atoms with Crippen LogP contribution in [0.1, 0.15) is 17.0 Å². The van der Waals surface area contributed by atoms with Gasteiger partial charge in [0.15, 0.2) is 0 Å². The Morgan fingerprint density at radius 3 is 2.70 bits per heavy atom. The molecule has 2 rings (SSSR count). The molecule has 23 heavy (non-hydrogen) atoms. The van der Waals surface area contributed by atoms with Gasteiger partial charge in [0.25, 0.3) is 0 Å². The van der Waals surface area contributed by atoms with Gasteiger partial charge in [0.2, 0.25) is 5.82 Å². The third kappa shape index (κ3) is 3.57. The standard InChI is InChI=1S/C13H11F3N6O/c1-7-3-9(4-10(11(7)23-2)13(14,15)16)18-6-8(5-17)12-19-21-22-20-12/h3-4,6,18H,1-2H3,(H,19,20,21,22). The van der Waals surface area contributed by atoms with Crippen LogP contribution in [-0.4, -0.2) is 27.7 Å². The molecule has 1 heterocycles. The number of ether oxygens (including phenoxy) is 1. The zero-order valence-electron chi connectivity index (χ0n) is 12.1. The minimum absolute atomic E-state index is 0.0146. The second kappa shape index (κ2) is 6.35. The summed E-state index contributed by atoms with van der Waals surface area (Å²) in [6.45, 7) is 1.49. The number of nitrogens with zero attached hydrogens (tertiary/aromatic N) is 4. The molecule has 120 valence electrons. The molecule has 1 aromatic heterocycles. The Balaban J connectivity index is 2.38. The van der Waals surface area contributed by atoms with Crippen LogP contribution in [0.5, 0.6) is 5.75 Å². The first kappa shape index (κ1) is 16.3. The molecular formula is C13H11F3N6O. The van der Waals surface area contributed by atoms with E-state index in [2.05, 4.69) is 25.9 Å². The summed E-state index contributed by atoms with van der Waals surface area (Å²) >= 11 is 0. The van der Waals surface area contributed by atoms with Crippen LogP contribution >= 0.6 is 0 Å². The van der Waals surface area contributed by atoms with Crippen LogP contribution in [-0.2, 0) is 6.18 Å².